The summed E-state index contributed by atoms with van der Waals surface area (Å²) in [5.41, 5.74) is 0. The summed E-state index contributed by atoms with van der Waals surface area (Å²) in [7, 11) is 0. The van der Waals surface area contributed by atoms with Crippen LogP contribution >= 0.6 is 0 Å². The van der Waals surface area contributed by atoms with Gasteiger partial charge in [0, 0.05) is 18.7 Å². The van der Waals surface area contributed by atoms with Gasteiger partial charge in [-0.2, -0.15) is 0 Å². The summed E-state index contributed by atoms with van der Waals surface area (Å²) in [5, 5.41) is 3.67. The monoisotopic (exact) mass is 199 g/mol. The molecule has 0 amide bonds. The van der Waals surface area contributed by atoms with Crippen molar-refractivity contribution in [3.05, 3.63) is 0 Å². The number of hydrogen-bond acceptors (Lipinski definition) is 3. The zero-order valence-corrected chi connectivity index (χ0v) is 9.16. The average Bonchev–Trinajstić information content (AvgIpc) is 2.54. The Hall–Kier alpha value is -0.120. The lowest BCUT2D eigenvalue weighted by molar-refractivity contribution is -0.0436. The highest BCUT2D eigenvalue weighted by Crippen LogP contribution is 2.20. The van der Waals surface area contributed by atoms with Gasteiger partial charge in [-0.1, -0.05) is 0 Å². The van der Waals surface area contributed by atoms with Crippen LogP contribution in [-0.4, -0.2) is 37.5 Å². The van der Waals surface area contributed by atoms with E-state index in [1.54, 1.807) is 0 Å². The molecule has 0 aromatic carbocycles. The summed E-state index contributed by atoms with van der Waals surface area (Å²) in [4.78, 5) is 0. The Morgan fingerprint density at radius 3 is 2.36 bits per heavy atom. The van der Waals surface area contributed by atoms with Crippen molar-refractivity contribution < 1.29 is 9.47 Å². The molecule has 3 atom stereocenters. The van der Waals surface area contributed by atoms with Crippen molar-refractivity contribution >= 4 is 0 Å². The molecule has 0 spiro atoms. The molecule has 2 saturated heterocycles. The fourth-order valence-electron chi connectivity index (χ4n) is 2.54. The summed E-state index contributed by atoms with van der Waals surface area (Å²) < 4.78 is 11.1. The van der Waals surface area contributed by atoms with Crippen LogP contribution in [0.1, 0.15) is 33.1 Å². The number of rotatable bonds is 2. The fraction of sp³-hybridized carbons (Fsp3) is 1.00. The van der Waals surface area contributed by atoms with Crippen molar-refractivity contribution in [2.75, 3.05) is 13.2 Å². The lowest BCUT2D eigenvalue weighted by atomic mass is 9.99. The zero-order valence-electron chi connectivity index (χ0n) is 9.16. The largest absolute Gasteiger partial charge is 0.380 e. The van der Waals surface area contributed by atoms with Gasteiger partial charge in [-0.25, -0.2) is 0 Å². The highest BCUT2D eigenvalue weighted by molar-refractivity contribution is 4.83. The van der Waals surface area contributed by atoms with Gasteiger partial charge < -0.3 is 14.8 Å². The normalized spacial score (nSPS) is 44.1. The van der Waals surface area contributed by atoms with Gasteiger partial charge in [0.05, 0.1) is 18.8 Å². The Labute approximate surface area is 86.2 Å². The van der Waals surface area contributed by atoms with Crippen molar-refractivity contribution in [1.29, 1.82) is 0 Å². The van der Waals surface area contributed by atoms with E-state index in [9.17, 15) is 0 Å². The Morgan fingerprint density at radius 1 is 1.07 bits per heavy atom. The molecule has 2 aliphatic rings. The molecule has 2 fully saturated rings. The third kappa shape index (κ3) is 2.69. The Kier molecular flexibility index (Phi) is 3.42. The number of hydrogen-bond donors (Lipinski definition) is 1. The molecule has 0 saturated carbocycles. The minimum atomic E-state index is 0.401. The second kappa shape index (κ2) is 4.60. The third-order valence-corrected chi connectivity index (χ3v) is 3.10. The predicted octanol–water partition coefficient (Wildman–Crippen LogP) is 1.32. The molecule has 14 heavy (non-hydrogen) atoms. The Morgan fingerprint density at radius 2 is 1.79 bits per heavy atom. The predicted molar refractivity (Wildman–Crippen MR) is 55.4 cm³/mol. The van der Waals surface area contributed by atoms with E-state index in [2.05, 4.69) is 19.2 Å². The van der Waals surface area contributed by atoms with Gasteiger partial charge in [-0.05, 0) is 33.1 Å². The molecule has 0 aromatic heterocycles. The van der Waals surface area contributed by atoms with E-state index in [1.165, 1.54) is 6.42 Å². The second-order valence-corrected chi connectivity index (χ2v) is 4.65. The second-order valence-electron chi connectivity index (χ2n) is 4.65. The molecular weight excluding hydrogens is 178 g/mol. The van der Waals surface area contributed by atoms with Gasteiger partial charge in [0.15, 0.2) is 0 Å². The van der Waals surface area contributed by atoms with Crippen LogP contribution in [-0.2, 0) is 9.47 Å². The number of nitrogens with one attached hydrogen (secondary N) is 1. The van der Waals surface area contributed by atoms with Crippen molar-refractivity contribution in [3.8, 4) is 0 Å². The molecule has 2 heterocycles. The molecule has 1 N–H and O–H groups in total. The fourth-order valence-corrected chi connectivity index (χ4v) is 2.54. The van der Waals surface area contributed by atoms with Crippen LogP contribution in [0.5, 0.6) is 0 Å². The van der Waals surface area contributed by atoms with Crippen molar-refractivity contribution in [3.63, 3.8) is 0 Å². The molecule has 0 radical (unpaired) electrons. The van der Waals surface area contributed by atoms with Gasteiger partial charge >= 0.3 is 0 Å². The third-order valence-electron chi connectivity index (χ3n) is 3.10. The summed E-state index contributed by atoms with van der Waals surface area (Å²) in [5.74, 6) is 0. The Bertz CT molecular complexity index is 170. The van der Waals surface area contributed by atoms with Gasteiger partial charge in [-0.15, -0.1) is 0 Å². The molecule has 2 aliphatic heterocycles. The van der Waals surface area contributed by atoms with Crippen LogP contribution in [0.3, 0.4) is 0 Å². The minimum absolute atomic E-state index is 0.401. The SMILES string of the molecule is CC1CC(NC2CCOC2)CC(C)O1. The first-order valence-corrected chi connectivity index (χ1v) is 5.73. The molecule has 82 valence electrons. The topological polar surface area (TPSA) is 30.5 Å². The van der Waals surface area contributed by atoms with Gasteiger partial charge in [0.1, 0.15) is 0 Å². The van der Waals surface area contributed by atoms with Gasteiger partial charge in [0.25, 0.3) is 0 Å². The van der Waals surface area contributed by atoms with Crippen molar-refractivity contribution in [2.45, 2.75) is 57.4 Å². The van der Waals surface area contributed by atoms with Crippen LogP contribution in [0.2, 0.25) is 0 Å². The average molecular weight is 199 g/mol. The Balaban J connectivity index is 1.78. The maximum Gasteiger partial charge on any atom is 0.0620 e. The molecule has 2 rings (SSSR count). The first-order valence-electron chi connectivity index (χ1n) is 5.73. The molecular formula is C11H21NO2. The van der Waals surface area contributed by atoms with E-state index in [0.29, 0.717) is 24.3 Å². The molecule has 0 aliphatic carbocycles. The van der Waals surface area contributed by atoms with Crippen LogP contribution in [0.15, 0.2) is 0 Å². The summed E-state index contributed by atoms with van der Waals surface area (Å²) in [6.07, 6.45) is 4.25. The first kappa shape index (κ1) is 10.4. The van der Waals surface area contributed by atoms with E-state index in [1.807, 2.05) is 0 Å². The van der Waals surface area contributed by atoms with Gasteiger partial charge in [0.2, 0.25) is 0 Å². The zero-order chi connectivity index (χ0) is 9.97. The molecule has 0 bridgehead atoms. The molecule has 3 unspecified atom stereocenters. The standard InChI is InChI=1S/C11H21NO2/c1-8-5-11(6-9(2)14-8)12-10-3-4-13-7-10/h8-12H,3-7H2,1-2H3. The lowest BCUT2D eigenvalue weighted by Gasteiger charge is -2.34. The minimum Gasteiger partial charge on any atom is -0.380 e. The van der Waals surface area contributed by atoms with Crippen LogP contribution in [0, 0.1) is 0 Å². The van der Waals surface area contributed by atoms with Crippen molar-refractivity contribution in [2.24, 2.45) is 0 Å². The van der Waals surface area contributed by atoms with Crippen LogP contribution in [0.4, 0.5) is 0 Å². The highest BCUT2D eigenvalue weighted by Gasteiger charge is 2.27. The van der Waals surface area contributed by atoms with E-state index < -0.39 is 0 Å². The van der Waals surface area contributed by atoms with Gasteiger partial charge in [-0.3, -0.25) is 0 Å². The lowest BCUT2D eigenvalue weighted by Crippen LogP contribution is -2.45. The highest BCUT2D eigenvalue weighted by atomic mass is 16.5. The van der Waals surface area contributed by atoms with Crippen LogP contribution < -0.4 is 5.32 Å². The summed E-state index contributed by atoms with van der Waals surface area (Å²) in [6.45, 7) is 6.14. The summed E-state index contributed by atoms with van der Waals surface area (Å²) in [6, 6.07) is 1.21. The molecule has 0 aromatic rings. The van der Waals surface area contributed by atoms with Crippen molar-refractivity contribution in [1.82, 2.24) is 5.32 Å². The summed E-state index contributed by atoms with van der Waals surface area (Å²) >= 11 is 0. The van der Waals surface area contributed by atoms with Crippen LogP contribution in [0.25, 0.3) is 0 Å². The smallest absolute Gasteiger partial charge is 0.0620 e. The maximum atomic E-state index is 5.71. The number of ether oxygens (including phenoxy) is 2. The van der Waals surface area contributed by atoms with E-state index in [0.717, 1.165) is 26.1 Å². The molecule has 3 nitrogen and oxygen atoms in total. The van der Waals surface area contributed by atoms with E-state index in [-0.39, 0.29) is 0 Å². The first-order chi connectivity index (χ1) is 6.74. The quantitative estimate of drug-likeness (QED) is 0.727. The van der Waals surface area contributed by atoms with E-state index in [4.69, 9.17) is 9.47 Å². The maximum absolute atomic E-state index is 5.71. The molecule has 3 heteroatoms. The van der Waals surface area contributed by atoms with E-state index >= 15 is 0 Å².